The predicted octanol–water partition coefficient (Wildman–Crippen LogP) is 1.12. The normalized spacial score (nSPS) is 16.4. The van der Waals surface area contributed by atoms with Gasteiger partial charge >= 0.3 is 5.97 Å². The molecule has 1 aromatic rings. The van der Waals surface area contributed by atoms with Crippen LogP contribution in [-0.4, -0.2) is 27.7 Å². The second-order valence-electron chi connectivity index (χ2n) is 4.40. The second-order valence-corrected chi connectivity index (χ2v) is 4.40. The Morgan fingerprint density at radius 2 is 2.29 bits per heavy atom. The highest BCUT2D eigenvalue weighted by molar-refractivity contribution is 5.69. The van der Waals surface area contributed by atoms with Crippen molar-refractivity contribution in [2.24, 2.45) is 5.92 Å². The van der Waals surface area contributed by atoms with E-state index in [2.05, 4.69) is 9.97 Å². The highest BCUT2D eigenvalue weighted by Crippen LogP contribution is 2.18. The molecule has 1 aliphatic heterocycles. The van der Waals surface area contributed by atoms with E-state index in [9.17, 15) is 4.79 Å². The molecular weight excluding hydrogens is 220 g/mol. The summed E-state index contributed by atoms with van der Waals surface area (Å²) in [6.07, 6.45) is 1.21. The molecule has 1 N–H and O–H groups in total. The lowest BCUT2D eigenvalue weighted by molar-refractivity contribution is -0.141. The van der Waals surface area contributed by atoms with Gasteiger partial charge in [-0.1, -0.05) is 6.92 Å². The monoisotopic (exact) mass is 236 g/mol. The summed E-state index contributed by atoms with van der Waals surface area (Å²) in [5.74, 6) is -0.682. The van der Waals surface area contributed by atoms with Gasteiger partial charge < -0.3 is 9.84 Å². The van der Waals surface area contributed by atoms with Crippen LogP contribution in [0.25, 0.3) is 0 Å². The summed E-state index contributed by atoms with van der Waals surface area (Å²) < 4.78 is 5.35. The van der Waals surface area contributed by atoms with Crippen LogP contribution in [0.1, 0.15) is 29.7 Å². The molecule has 1 unspecified atom stereocenters. The number of aryl methyl sites for hydroxylation is 1. The topological polar surface area (TPSA) is 72.3 Å². The summed E-state index contributed by atoms with van der Waals surface area (Å²) in [5, 5.41) is 8.87. The Balaban J connectivity index is 2.25. The number of fused-ring (bicyclic) bond motifs is 1. The van der Waals surface area contributed by atoms with E-state index in [1.165, 1.54) is 0 Å². The first-order valence-electron chi connectivity index (χ1n) is 5.73. The number of aromatic nitrogens is 2. The van der Waals surface area contributed by atoms with E-state index < -0.39 is 11.9 Å². The van der Waals surface area contributed by atoms with Gasteiger partial charge in [0.25, 0.3) is 0 Å². The fourth-order valence-electron chi connectivity index (χ4n) is 1.96. The smallest absolute Gasteiger partial charge is 0.306 e. The lowest BCUT2D eigenvalue weighted by Gasteiger charge is -2.18. The molecule has 0 radical (unpaired) electrons. The molecule has 0 aromatic carbocycles. The first kappa shape index (κ1) is 12.0. The summed E-state index contributed by atoms with van der Waals surface area (Å²) in [5.41, 5.74) is 3.02. The number of nitrogens with zero attached hydrogens (tertiary/aromatic N) is 2. The van der Waals surface area contributed by atoms with E-state index >= 15 is 0 Å². The van der Waals surface area contributed by atoms with Crippen LogP contribution in [-0.2, 0) is 29.0 Å². The average molecular weight is 236 g/mol. The van der Waals surface area contributed by atoms with Crippen LogP contribution in [0.5, 0.6) is 0 Å². The van der Waals surface area contributed by atoms with Crippen LogP contribution in [0.3, 0.4) is 0 Å². The van der Waals surface area contributed by atoms with Crippen molar-refractivity contribution in [2.75, 3.05) is 6.61 Å². The predicted molar refractivity (Wildman–Crippen MR) is 60.6 cm³/mol. The maximum absolute atomic E-state index is 10.8. The fourth-order valence-corrected chi connectivity index (χ4v) is 1.96. The lowest BCUT2D eigenvalue weighted by atomic mass is 10.0. The zero-order chi connectivity index (χ0) is 12.4. The summed E-state index contributed by atoms with van der Waals surface area (Å²) >= 11 is 0. The van der Waals surface area contributed by atoms with Gasteiger partial charge in [-0.25, -0.2) is 9.97 Å². The molecular formula is C12H16N2O3. The molecule has 1 aromatic heterocycles. The minimum Gasteiger partial charge on any atom is -0.481 e. The largest absolute Gasteiger partial charge is 0.481 e. The summed E-state index contributed by atoms with van der Waals surface area (Å²) in [6, 6.07) is 0. The van der Waals surface area contributed by atoms with Gasteiger partial charge in [-0.05, 0) is 18.9 Å². The highest BCUT2D eigenvalue weighted by Gasteiger charge is 2.18. The molecule has 2 heterocycles. The zero-order valence-electron chi connectivity index (χ0n) is 10.1. The Bertz CT molecular complexity index is 446. The maximum Gasteiger partial charge on any atom is 0.306 e. The molecule has 0 saturated carbocycles. The third-order valence-corrected chi connectivity index (χ3v) is 2.99. The average Bonchev–Trinajstić information content (AvgIpc) is 2.29. The molecule has 17 heavy (non-hydrogen) atoms. The molecule has 0 aliphatic carbocycles. The third kappa shape index (κ3) is 2.61. The third-order valence-electron chi connectivity index (χ3n) is 2.99. The number of rotatable bonds is 3. The number of carboxylic acids is 1. The van der Waals surface area contributed by atoms with Crippen LogP contribution in [0.15, 0.2) is 0 Å². The van der Waals surface area contributed by atoms with Crippen molar-refractivity contribution in [3.63, 3.8) is 0 Å². The van der Waals surface area contributed by atoms with Crippen LogP contribution in [0, 0.1) is 12.8 Å². The van der Waals surface area contributed by atoms with E-state index in [1.807, 2.05) is 6.92 Å². The van der Waals surface area contributed by atoms with E-state index in [4.69, 9.17) is 9.84 Å². The van der Waals surface area contributed by atoms with E-state index in [1.54, 1.807) is 6.92 Å². The first-order chi connectivity index (χ1) is 8.08. The fraction of sp³-hybridized carbons (Fsp3) is 0.583. The minimum absolute atomic E-state index is 0.365. The summed E-state index contributed by atoms with van der Waals surface area (Å²) in [7, 11) is 0. The van der Waals surface area contributed by atoms with Crippen LogP contribution >= 0.6 is 0 Å². The van der Waals surface area contributed by atoms with Crippen molar-refractivity contribution in [1.29, 1.82) is 0 Å². The summed E-state index contributed by atoms with van der Waals surface area (Å²) in [4.78, 5) is 19.6. The van der Waals surface area contributed by atoms with Crippen molar-refractivity contribution in [2.45, 2.75) is 33.3 Å². The van der Waals surface area contributed by atoms with Gasteiger partial charge in [0.15, 0.2) is 0 Å². The molecule has 0 amide bonds. The molecule has 5 nitrogen and oxygen atoms in total. The molecule has 0 fully saturated rings. The quantitative estimate of drug-likeness (QED) is 0.851. The van der Waals surface area contributed by atoms with E-state index in [0.29, 0.717) is 25.5 Å². The number of carboxylic acid groups (broad SMARTS) is 1. The number of hydrogen-bond acceptors (Lipinski definition) is 4. The van der Waals surface area contributed by atoms with E-state index in [0.717, 1.165) is 23.4 Å². The molecule has 1 aliphatic rings. The summed E-state index contributed by atoms with van der Waals surface area (Å²) in [6.45, 7) is 4.83. The van der Waals surface area contributed by atoms with Crippen molar-refractivity contribution < 1.29 is 14.6 Å². The second kappa shape index (κ2) is 4.79. The number of hydrogen-bond donors (Lipinski definition) is 1. The van der Waals surface area contributed by atoms with Crippen molar-refractivity contribution >= 4 is 5.97 Å². The molecule has 92 valence electrons. The Morgan fingerprint density at radius 1 is 1.53 bits per heavy atom. The van der Waals surface area contributed by atoms with Crippen LogP contribution in [0.2, 0.25) is 0 Å². The molecule has 5 heteroatoms. The minimum atomic E-state index is -0.819. The standard InChI is InChI=1S/C12H16N2O3/c1-7(12(15)16)5-11-13-8(2)9-3-4-17-6-10(9)14-11/h7H,3-6H2,1-2H3,(H,15,16). The molecule has 0 spiro atoms. The Hall–Kier alpha value is -1.49. The van der Waals surface area contributed by atoms with Gasteiger partial charge in [-0.15, -0.1) is 0 Å². The Labute approximate surface area is 99.9 Å². The number of carbonyl (C=O) groups is 1. The van der Waals surface area contributed by atoms with Gasteiger partial charge in [0.1, 0.15) is 5.82 Å². The molecule has 1 atom stereocenters. The van der Waals surface area contributed by atoms with Crippen LogP contribution in [0.4, 0.5) is 0 Å². The van der Waals surface area contributed by atoms with Gasteiger partial charge in [0.2, 0.25) is 0 Å². The molecule has 2 rings (SSSR count). The first-order valence-corrected chi connectivity index (χ1v) is 5.73. The number of ether oxygens (including phenoxy) is 1. The maximum atomic E-state index is 10.8. The molecule has 0 bridgehead atoms. The van der Waals surface area contributed by atoms with Crippen molar-refractivity contribution in [3.8, 4) is 0 Å². The van der Waals surface area contributed by atoms with Crippen molar-refractivity contribution in [3.05, 3.63) is 22.8 Å². The Morgan fingerprint density at radius 3 is 3.00 bits per heavy atom. The van der Waals surface area contributed by atoms with Gasteiger partial charge in [0.05, 0.1) is 24.8 Å². The SMILES string of the molecule is Cc1nc(CC(C)C(=O)O)nc2c1CCOC2. The van der Waals surface area contributed by atoms with Gasteiger partial charge in [0, 0.05) is 12.1 Å². The lowest BCUT2D eigenvalue weighted by Crippen LogP contribution is -2.19. The molecule has 0 saturated heterocycles. The van der Waals surface area contributed by atoms with Crippen LogP contribution < -0.4 is 0 Å². The zero-order valence-corrected chi connectivity index (χ0v) is 10.1. The Kier molecular flexibility index (Phi) is 3.38. The van der Waals surface area contributed by atoms with Gasteiger partial charge in [-0.3, -0.25) is 4.79 Å². The van der Waals surface area contributed by atoms with Crippen molar-refractivity contribution in [1.82, 2.24) is 9.97 Å². The van der Waals surface area contributed by atoms with E-state index in [-0.39, 0.29) is 0 Å². The number of aliphatic carboxylic acids is 1. The highest BCUT2D eigenvalue weighted by atomic mass is 16.5. The van der Waals surface area contributed by atoms with Gasteiger partial charge in [-0.2, -0.15) is 0 Å².